The van der Waals surface area contributed by atoms with Crippen molar-refractivity contribution in [2.75, 3.05) is 0 Å². The number of aromatic nitrogens is 3. The Morgan fingerprint density at radius 3 is 2.38 bits per heavy atom. The van der Waals surface area contributed by atoms with E-state index in [0.717, 1.165) is 47.6 Å². The summed E-state index contributed by atoms with van der Waals surface area (Å²) in [6.07, 6.45) is 5.47. The molecule has 208 valence electrons. The first-order valence-corrected chi connectivity index (χ1v) is 13.8. The highest BCUT2D eigenvalue weighted by atomic mass is 16.3. The van der Waals surface area contributed by atoms with Gasteiger partial charge in [-0.15, -0.1) is 0 Å². The molecule has 4 rings (SSSR count). The van der Waals surface area contributed by atoms with Gasteiger partial charge in [0, 0.05) is 18.3 Å². The van der Waals surface area contributed by atoms with Gasteiger partial charge in [-0.3, -0.25) is 19.9 Å². The number of rotatable bonds is 12. The van der Waals surface area contributed by atoms with Gasteiger partial charge in [0.25, 0.3) is 0 Å². The van der Waals surface area contributed by atoms with Gasteiger partial charge in [-0.2, -0.15) is 5.10 Å². The number of phenolic OH excluding ortho intramolecular Hbond substituents is 1. The number of nitrogens with one attached hydrogen (secondary N) is 1. The Morgan fingerprint density at radius 1 is 0.950 bits per heavy atom. The zero-order valence-electron chi connectivity index (χ0n) is 23.1. The van der Waals surface area contributed by atoms with Gasteiger partial charge in [-0.05, 0) is 85.2 Å². The molecule has 0 spiro atoms. The molecule has 0 aliphatic rings. The first-order chi connectivity index (χ1) is 19.3. The van der Waals surface area contributed by atoms with Crippen LogP contribution in [0.4, 0.5) is 0 Å². The molecule has 0 unspecified atom stereocenters. The van der Waals surface area contributed by atoms with E-state index in [9.17, 15) is 14.7 Å². The number of hydrogen-bond donors (Lipinski definition) is 3. The second-order valence-electron chi connectivity index (χ2n) is 10.3. The van der Waals surface area contributed by atoms with Gasteiger partial charge in [-0.25, -0.2) is 4.68 Å². The number of phenols is 1. The lowest BCUT2D eigenvalue weighted by atomic mass is 10.0. The molecule has 2 aromatic heterocycles. The summed E-state index contributed by atoms with van der Waals surface area (Å²) in [5, 5.41) is 16.7. The van der Waals surface area contributed by atoms with Crippen LogP contribution in [0.25, 0.3) is 17.1 Å². The van der Waals surface area contributed by atoms with Crippen molar-refractivity contribution in [3.05, 3.63) is 95.8 Å². The highest BCUT2D eigenvalue weighted by Crippen LogP contribution is 2.23. The number of aryl methyl sites for hydroxylation is 1. The molecule has 4 N–H and O–H groups in total. The molecular weight excluding hydrogens is 502 g/mol. The lowest BCUT2D eigenvalue weighted by Crippen LogP contribution is -2.44. The molecule has 1 atom stereocenters. The average Bonchev–Trinajstić information content (AvgIpc) is 3.38. The summed E-state index contributed by atoms with van der Waals surface area (Å²) in [7, 11) is 0. The summed E-state index contributed by atoms with van der Waals surface area (Å²) >= 11 is 0. The number of amides is 2. The molecular formula is C32H37N5O3. The number of aromatic hydroxyl groups is 1. The standard InChI is InChI=1S/C32H37N5O3/c1-22(2)24-13-15-25(16-14-24)37-26(21-30(36-37)29-9-6-7-19-34-29)8-4-3-5-10-31(39)35-32(40)28(33)20-23-11-17-27(38)18-12-23/h6-7,9,11-19,21-22,28,38H,3-5,8,10,20,33H2,1-2H3,(H,35,39,40)/t28-/m0/s1. The Bertz CT molecular complexity index is 1400. The van der Waals surface area contributed by atoms with E-state index in [0.29, 0.717) is 12.3 Å². The van der Waals surface area contributed by atoms with Crippen LogP contribution in [0.3, 0.4) is 0 Å². The third-order valence-electron chi connectivity index (χ3n) is 6.84. The van der Waals surface area contributed by atoms with Gasteiger partial charge in [0.15, 0.2) is 0 Å². The zero-order valence-corrected chi connectivity index (χ0v) is 23.1. The van der Waals surface area contributed by atoms with Crippen LogP contribution in [0.15, 0.2) is 79.0 Å². The lowest BCUT2D eigenvalue weighted by molar-refractivity contribution is -0.131. The van der Waals surface area contributed by atoms with Crippen LogP contribution in [0.5, 0.6) is 5.75 Å². The summed E-state index contributed by atoms with van der Waals surface area (Å²) in [6, 6.07) is 22.0. The topological polar surface area (TPSA) is 123 Å². The molecule has 2 heterocycles. The van der Waals surface area contributed by atoms with E-state index in [1.807, 2.05) is 22.9 Å². The number of imide groups is 1. The number of carbonyl (C=O) groups is 2. The van der Waals surface area contributed by atoms with Crippen molar-refractivity contribution in [2.24, 2.45) is 5.73 Å². The zero-order chi connectivity index (χ0) is 28.5. The van der Waals surface area contributed by atoms with Gasteiger partial charge in [0.05, 0.1) is 17.4 Å². The summed E-state index contributed by atoms with van der Waals surface area (Å²) in [4.78, 5) is 29.1. The maximum Gasteiger partial charge on any atom is 0.243 e. The maximum atomic E-state index is 12.3. The van der Waals surface area contributed by atoms with Gasteiger partial charge < -0.3 is 10.8 Å². The smallest absolute Gasteiger partial charge is 0.243 e. The predicted octanol–water partition coefficient (Wildman–Crippen LogP) is 5.08. The number of pyridine rings is 1. The molecule has 0 fully saturated rings. The Kier molecular flexibility index (Phi) is 9.81. The average molecular weight is 540 g/mol. The molecule has 0 saturated heterocycles. The van der Waals surface area contributed by atoms with Crippen molar-refractivity contribution in [2.45, 2.75) is 64.3 Å². The molecule has 8 nitrogen and oxygen atoms in total. The first kappa shape index (κ1) is 28.7. The van der Waals surface area contributed by atoms with Gasteiger partial charge in [0.1, 0.15) is 11.4 Å². The van der Waals surface area contributed by atoms with Crippen LogP contribution >= 0.6 is 0 Å². The quantitative estimate of drug-likeness (QED) is 0.216. The summed E-state index contributed by atoms with van der Waals surface area (Å²) < 4.78 is 1.98. The molecule has 0 radical (unpaired) electrons. The minimum atomic E-state index is -0.836. The van der Waals surface area contributed by atoms with Crippen molar-refractivity contribution >= 4 is 11.8 Å². The number of nitrogens with two attached hydrogens (primary N) is 1. The summed E-state index contributed by atoms with van der Waals surface area (Å²) in [5.41, 5.74) is 11.8. The predicted molar refractivity (Wildman–Crippen MR) is 156 cm³/mol. The van der Waals surface area contributed by atoms with E-state index in [1.54, 1.807) is 30.5 Å². The SMILES string of the molecule is CC(C)c1ccc(-n2nc(-c3ccccn3)cc2CCCCCC(=O)NC(=O)[C@@H](N)Cc2ccc(O)cc2)cc1. The van der Waals surface area contributed by atoms with E-state index >= 15 is 0 Å². The van der Waals surface area contributed by atoms with E-state index in [1.165, 1.54) is 5.56 Å². The van der Waals surface area contributed by atoms with Crippen molar-refractivity contribution < 1.29 is 14.7 Å². The van der Waals surface area contributed by atoms with Gasteiger partial charge in [-0.1, -0.05) is 50.6 Å². The highest BCUT2D eigenvalue weighted by molar-refractivity contribution is 5.97. The van der Waals surface area contributed by atoms with Crippen LogP contribution in [0.1, 0.15) is 62.3 Å². The molecule has 0 aliphatic carbocycles. The molecule has 40 heavy (non-hydrogen) atoms. The fourth-order valence-electron chi connectivity index (χ4n) is 4.50. The van der Waals surface area contributed by atoms with E-state index in [4.69, 9.17) is 10.8 Å². The van der Waals surface area contributed by atoms with Crippen LogP contribution in [0, 0.1) is 0 Å². The third kappa shape index (κ3) is 7.86. The molecule has 8 heteroatoms. The van der Waals surface area contributed by atoms with Crippen LogP contribution in [0.2, 0.25) is 0 Å². The van der Waals surface area contributed by atoms with Gasteiger partial charge >= 0.3 is 0 Å². The van der Waals surface area contributed by atoms with Crippen molar-refractivity contribution in [3.63, 3.8) is 0 Å². The van der Waals surface area contributed by atoms with Crippen LogP contribution in [-0.4, -0.2) is 37.7 Å². The summed E-state index contributed by atoms with van der Waals surface area (Å²) in [5.74, 6) is -0.209. The van der Waals surface area contributed by atoms with E-state index in [-0.39, 0.29) is 24.5 Å². The molecule has 4 aromatic rings. The molecule has 2 amide bonds. The van der Waals surface area contributed by atoms with E-state index in [2.05, 4.69) is 54.5 Å². The largest absolute Gasteiger partial charge is 0.508 e. The third-order valence-corrected chi connectivity index (χ3v) is 6.84. The number of benzene rings is 2. The van der Waals surface area contributed by atoms with Crippen molar-refractivity contribution in [1.82, 2.24) is 20.1 Å². The Balaban J connectivity index is 1.29. The molecule has 0 aliphatic heterocycles. The first-order valence-electron chi connectivity index (χ1n) is 13.8. The second-order valence-corrected chi connectivity index (χ2v) is 10.3. The molecule has 0 bridgehead atoms. The van der Waals surface area contributed by atoms with Crippen molar-refractivity contribution in [1.29, 1.82) is 0 Å². The second kappa shape index (κ2) is 13.7. The normalized spacial score (nSPS) is 11.9. The van der Waals surface area contributed by atoms with Crippen molar-refractivity contribution in [3.8, 4) is 22.8 Å². The Labute approximate surface area is 235 Å². The molecule has 2 aromatic carbocycles. The minimum absolute atomic E-state index is 0.148. The van der Waals surface area contributed by atoms with Crippen LogP contribution in [-0.2, 0) is 22.4 Å². The van der Waals surface area contributed by atoms with Gasteiger partial charge in [0.2, 0.25) is 11.8 Å². The fraction of sp³-hybridized carbons (Fsp3) is 0.312. The number of carbonyl (C=O) groups excluding carboxylic acids is 2. The number of nitrogens with zero attached hydrogens (tertiary/aromatic N) is 3. The minimum Gasteiger partial charge on any atom is -0.508 e. The monoisotopic (exact) mass is 539 g/mol. The summed E-state index contributed by atoms with van der Waals surface area (Å²) in [6.45, 7) is 4.35. The lowest BCUT2D eigenvalue weighted by Gasteiger charge is -2.12. The number of hydrogen-bond acceptors (Lipinski definition) is 6. The van der Waals surface area contributed by atoms with Crippen LogP contribution < -0.4 is 11.1 Å². The highest BCUT2D eigenvalue weighted by Gasteiger charge is 2.17. The maximum absolute atomic E-state index is 12.3. The molecule has 0 saturated carbocycles. The van der Waals surface area contributed by atoms with E-state index < -0.39 is 11.9 Å². The number of unbranched alkanes of at least 4 members (excludes halogenated alkanes) is 2. The fourth-order valence-corrected chi connectivity index (χ4v) is 4.50. The Hall–Kier alpha value is -4.30. The Morgan fingerprint density at radius 2 is 1.70 bits per heavy atom.